The van der Waals surface area contributed by atoms with Gasteiger partial charge in [0, 0.05) is 31.4 Å². The van der Waals surface area contributed by atoms with Gasteiger partial charge in [0.25, 0.3) is 0 Å². The number of thiazole rings is 1. The van der Waals surface area contributed by atoms with E-state index < -0.39 is 0 Å². The Morgan fingerprint density at radius 1 is 1.52 bits per heavy atom. The molecule has 0 spiro atoms. The average molecular weight is 310 g/mol. The molecule has 0 bridgehead atoms. The number of nitrogens with zero attached hydrogens (tertiary/aromatic N) is 2. The molecule has 0 aromatic carbocycles. The standard InChI is InChI=1S/C14H22N4O2S/c1-4-18(10(3)19)14-17-12(8-21-14)7-15-9(2)13(20)16-11-5-6-11/h8-9,11,15H,4-7H2,1-3H3,(H,16,20). The van der Waals surface area contributed by atoms with Gasteiger partial charge in [0.1, 0.15) is 0 Å². The zero-order valence-corrected chi connectivity index (χ0v) is 13.5. The number of hydrogen-bond donors (Lipinski definition) is 2. The smallest absolute Gasteiger partial charge is 0.237 e. The Morgan fingerprint density at radius 2 is 2.24 bits per heavy atom. The second kappa shape index (κ2) is 7.00. The van der Waals surface area contributed by atoms with Gasteiger partial charge < -0.3 is 10.6 Å². The lowest BCUT2D eigenvalue weighted by Gasteiger charge is -2.15. The van der Waals surface area contributed by atoms with E-state index in [1.54, 1.807) is 4.90 Å². The van der Waals surface area contributed by atoms with Crippen LogP contribution in [0.4, 0.5) is 5.13 Å². The summed E-state index contributed by atoms with van der Waals surface area (Å²) in [5.41, 5.74) is 0.848. The third kappa shape index (κ3) is 4.50. The molecule has 2 amide bonds. The van der Waals surface area contributed by atoms with E-state index in [0.29, 0.717) is 24.3 Å². The van der Waals surface area contributed by atoms with Crippen LogP contribution < -0.4 is 15.5 Å². The molecule has 0 radical (unpaired) electrons. The number of nitrogens with one attached hydrogen (secondary N) is 2. The van der Waals surface area contributed by atoms with Gasteiger partial charge in [-0.3, -0.25) is 14.5 Å². The van der Waals surface area contributed by atoms with Crippen LogP contribution in [0.15, 0.2) is 5.38 Å². The third-order valence-electron chi connectivity index (χ3n) is 3.37. The molecule has 1 saturated carbocycles. The highest BCUT2D eigenvalue weighted by atomic mass is 32.1. The molecule has 21 heavy (non-hydrogen) atoms. The SMILES string of the molecule is CCN(C(C)=O)c1nc(CNC(C)C(=O)NC2CC2)cs1. The van der Waals surface area contributed by atoms with Gasteiger partial charge in [0.05, 0.1) is 11.7 Å². The quantitative estimate of drug-likeness (QED) is 0.795. The molecule has 1 atom stereocenters. The van der Waals surface area contributed by atoms with E-state index >= 15 is 0 Å². The Bertz CT molecular complexity index is 513. The van der Waals surface area contributed by atoms with Gasteiger partial charge in [-0.25, -0.2) is 4.98 Å². The molecule has 1 aliphatic rings. The van der Waals surface area contributed by atoms with Gasteiger partial charge in [-0.15, -0.1) is 11.3 Å². The Labute approximate surface area is 128 Å². The number of carbonyl (C=O) groups is 2. The van der Waals surface area contributed by atoms with Crippen molar-refractivity contribution < 1.29 is 9.59 Å². The number of rotatable bonds is 7. The Morgan fingerprint density at radius 3 is 2.81 bits per heavy atom. The van der Waals surface area contributed by atoms with Crippen molar-refractivity contribution in [2.24, 2.45) is 0 Å². The van der Waals surface area contributed by atoms with Gasteiger partial charge in [0.2, 0.25) is 11.8 Å². The lowest BCUT2D eigenvalue weighted by molar-refractivity contribution is -0.123. The van der Waals surface area contributed by atoms with Crippen LogP contribution in [0.25, 0.3) is 0 Å². The van der Waals surface area contributed by atoms with Crippen molar-refractivity contribution in [2.45, 2.75) is 52.2 Å². The van der Waals surface area contributed by atoms with Crippen LogP contribution >= 0.6 is 11.3 Å². The van der Waals surface area contributed by atoms with Crippen molar-refractivity contribution in [1.82, 2.24) is 15.6 Å². The fraction of sp³-hybridized carbons (Fsp3) is 0.643. The molecule has 7 heteroatoms. The summed E-state index contributed by atoms with van der Waals surface area (Å²) in [4.78, 5) is 29.4. The third-order valence-corrected chi connectivity index (χ3v) is 4.29. The normalized spacial score (nSPS) is 15.6. The highest BCUT2D eigenvalue weighted by Gasteiger charge is 2.25. The molecular weight excluding hydrogens is 288 g/mol. The van der Waals surface area contributed by atoms with E-state index in [1.807, 2.05) is 19.2 Å². The van der Waals surface area contributed by atoms with Crippen LogP contribution in [-0.2, 0) is 16.1 Å². The molecule has 1 fully saturated rings. The van der Waals surface area contributed by atoms with E-state index in [4.69, 9.17) is 0 Å². The molecule has 1 heterocycles. The zero-order chi connectivity index (χ0) is 15.4. The molecule has 1 aliphatic carbocycles. The van der Waals surface area contributed by atoms with Crippen LogP contribution in [0.2, 0.25) is 0 Å². The number of anilines is 1. The minimum absolute atomic E-state index is 0.0106. The predicted molar refractivity (Wildman–Crippen MR) is 83.3 cm³/mol. The van der Waals surface area contributed by atoms with Crippen molar-refractivity contribution in [2.75, 3.05) is 11.4 Å². The van der Waals surface area contributed by atoms with Crippen molar-refractivity contribution in [1.29, 1.82) is 0 Å². The van der Waals surface area contributed by atoms with E-state index in [0.717, 1.165) is 18.5 Å². The first-order valence-corrected chi connectivity index (χ1v) is 8.15. The topological polar surface area (TPSA) is 74.3 Å². The lowest BCUT2D eigenvalue weighted by Crippen LogP contribution is -2.42. The molecule has 1 aromatic heterocycles. The minimum Gasteiger partial charge on any atom is -0.352 e. The molecular formula is C14H22N4O2S. The van der Waals surface area contributed by atoms with Crippen molar-refractivity contribution in [3.8, 4) is 0 Å². The summed E-state index contributed by atoms with van der Waals surface area (Å²) in [7, 11) is 0. The van der Waals surface area contributed by atoms with E-state index in [-0.39, 0.29) is 17.9 Å². The van der Waals surface area contributed by atoms with E-state index in [2.05, 4.69) is 15.6 Å². The number of aromatic nitrogens is 1. The van der Waals surface area contributed by atoms with Crippen LogP contribution in [0.3, 0.4) is 0 Å². The zero-order valence-electron chi connectivity index (χ0n) is 12.7. The lowest BCUT2D eigenvalue weighted by atomic mass is 10.3. The van der Waals surface area contributed by atoms with E-state index in [1.165, 1.54) is 18.3 Å². The second-order valence-corrected chi connectivity index (χ2v) is 6.11. The van der Waals surface area contributed by atoms with Crippen LogP contribution in [0.1, 0.15) is 39.3 Å². The van der Waals surface area contributed by atoms with Gasteiger partial charge >= 0.3 is 0 Å². The first-order chi connectivity index (χ1) is 10.0. The Balaban J connectivity index is 1.84. The second-order valence-electron chi connectivity index (χ2n) is 5.27. The summed E-state index contributed by atoms with van der Waals surface area (Å²) in [6, 6.07) is 0.132. The van der Waals surface area contributed by atoms with Crippen molar-refractivity contribution in [3.05, 3.63) is 11.1 Å². The molecule has 2 N–H and O–H groups in total. The molecule has 6 nitrogen and oxygen atoms in total. The summed E-state index contributed by atoms with van der Waals surface area (Å²) in [6.07, 6.45) is 2.18. The molecule has 0 aliphatic heterocycles. The first kappa shape index (κ1) is 15.9. The maximum absolute atomic E-state index is 11.8. The average Bonchev–Trinajstić information content (AvgIpc) is 3.13. The molecule has 1 aromatic rings. The summed E-state index contributed by atoms with van der Waals surface area (Å²) in [6.45, 7) is 6.43. The molecule has 2 rings (SSSR count). The number of amides is 2. The summed E-state index contributed by atoms with van der Waals surface area (Å²) >= 11 is 1.44. The van der Waals surface area contributed by atoms with Crippen LogP contribution in [-0.4, -0.2) is 35.4 Å². The Hall–Kier alpha value is -1.47. The van der Waals surface area contributed by atoms with Crippen molar-refractivity contribution in [3.63, 3.8) is 0 Å². The van der Waals surface area contributed by atoms with Crippen LogP contribution in [0, 0.1) is 0 Å². The Kier molecular flexibility index (Phi) is 5.30. The fourth-order valence-corrected chi connectivity index (χ4v) is 2.83. The molecule has 116 valence electrons. The highest BCUT2D eigenvalue weighted by molar-refractivity contribution is 7.14. The summed E-state index contributed by atoms with van der Waals surface area (Å²) in [5.74, 6) is 0.0235. The highest BCUT2D eigenvalue weighted by Crippen LogP contribution is 2.21. The van der Waals surface area contributed by atoms with Gasteiger partial charge in [-0.1, -0.05) is 0 Å². The molecule has 1 unspecified atom stereocenters. The number of hydrogen-bond acceptors (Lipinski definition) is 5. The van der Waals surface area contributed by atoms with Crippen molar-refractivity contribution >= 4 is 28.3 Å². The number of carbonyl (C=O) groups excluding carboxylic acids is 2. The monoisotopic (exact) mass is 310 g/mol. The van der Waals surface area contributed by atoms with Gasteiger partial charge in [-0.2, -0.15) is 0 Å². The van der Waals surface area contributed by atoms with Gasteiger partial charge in [-0.05, 0) is 26.7 Å². The van der Waals surface area contributed by atoms with E-state index in [9.17, 15) is 9.59 Å². The summed E-state index contributed by atoms with van der Waals surface area (Å²) in [5, 5.41) is 8.75. The summed E-state index contributed by atoms with van der Waals surface area (Å²) < 4.78 is 0. The largest absolute Gasteiger partial charge is 0.352 e. The predicted octanol–water partition coefficient (Wildman–Crippen LogP) is 1.27. The maximum atomic E-state index is 11.8. The maximum Gasteiger partial charge on any atom is 0.237 e. The molecule has 0 saturated heterocycles. The first-order valence-electron chi connectivity index (χ1n) is 7.27. The fourth-order valence-electron chi connectivity index (χ4n) is 1.90. The minimum atomic E-state index is -0.245. The van der Waals surface area contributed by atoms with Crippen LogP contribution in [0.5, 0.6) is 0 Å². The van der Waals surface area contributed by atoms with Gasteiger partial charge in [0.15, 0.2) is 5.13 Å².